The third-order valence-electron chi connectivity index (χ3n) is 7.53. The molecule has 0 unspecified atom stereocenters. The van der Waals surface area contributed by atoms with Crippen molar-refractivity contribution in [2.24, 2.45) is 7.05 Å². The summed E-state index contributed by atoms with van der Waals surface area (Å²) in [5.41, 5.74) is 6.37. The Morgan fingerprint density at radius 1 is 1.17 bits per heavy atom. The molecule has 1 atom stereocenters. The van der Waals surface area contributed by atoms with E-state index in [1.165, 1.54) is 0 Å². The van der Waals surface area contributed by atoms with Crippen LogP contribution in [0.25, 0.3) is 22.2 Å². The Morgan fingerprint density at radius 3 is 2.75 bits per heavy atom. The number of nitrogens with zero attached hydrogens (tertiary/aromatic N) is 4. The molecule has 2 N–H and O–H groups in total. The highest BCUT2D eigenvalue weighted by molar-refractivity contribution is 5.98. The number of hydrogen-bond donors (Lipinski definition) is 2. The van der Waals surface area contributed by atoms with Gasteiger partial charge in [0.25, 0.3) is 5.91 Å². The molecule has 1 amide bonds. The van der Waals surface area contributed by atoms with Crippen molar-refractivity contribution in [1.82, 2.24) is 25.4 Å². The first-order valence-electron chi connectivity index (χ1n) is 12.7. The van der Waals surface area contributed by atoms with Gasteiger partial charge in [-0.05, 0) is 62.1 Å². The topological polar surface area (TPSA) is 75.1 Å². The van der Waals surface area contributed by atoms with Crippen LogP contribution in [0.5, 0.6) is 0 Å². The molecule has 3 heterocycles. The third-order valence-corrected chi connectivity index (χ3v) is 7.53. The highest BCUT2D eigenvalue weighted by Crippen LogP contribution is 2.49. The molecule has 0 spiro atoms. The number of benzene rings is 2. The Labute approximate surface area is 211 Å². The molecule has 1 saturated heterocycles. The maximum absolute atomic E-state index is 13.7. The molecule has 1 saturated carbocycles. The molecular weight excluding hydrogens is 448 g/mol. The number of piperazine rings is 1. The Morgan fingerprint density at radius 2 is 2.00 bits per heavy atom. The standard InChI is InChI=1S/C29H32N6O/c1-19-8-9-22(35-13-12-30-20(2)17-35)14-24(19)28(36)33-29(10-11-29)25-15-27(21-16-31-34(3)18-21)32-26-7-5-4-6-23(25)26/h4-9,14-16,18,20,30H,10-13,17H2,1-3H3,(H,33,36)/t20-/m1/s1. The minimum atomic E-state index is -0.386. The van der Waals surface area contributed by atoms with E-state index < -0.39 is 0 Å². The zero-order chi connectivity index (χ0) is 24.9. The fourth-order valence-corrected chi connectivity index (χ4v) is 5.36. The highest BCUT2D eigenvalue weighted by Gasteiger charge is 2.47. The van der Waals surface area contributed by atoms with Crippen molar-refractivity contribution in [1.29, 1.82) is 0 Å². The molecule has 36 heavy (non-hydrogen) atoms. The van der Waals surface area contributed by atoms with Gasteiger partial charge in [0, 0.05) is 61.1 Å². The van der Waals surface area contributed by atoms with Gasteiger partial charge in [0.1, 0.15) is 0 Å². The van der Waals surface area contributed by atoms with Crippen molar-refractivity contribution < 1.29 is 4.79 Å². The maximum Gasteiger partial charge on any atom is 0.252 e. The van der Waals surface area contributed by atoms with E-state index in [1.54, 1.807) is 4.68 Å². The lowest BCUT2D eigenvalue weighted by atomic mass is 9.96. The van der Waals surface area contributed by atoms with Crippen LogP contribution in [0, 0.1) is 6.92 Å². The SMILES string of the molecule is Cc1ccc(N2CCN[C@H](C)C2)cc1C(=O)NC1(c2cc(-c3cnn(C)c3)nc3ccccc23)CC1. The van der Waals surface area contributed by atoms with Gasteiger partial charge in [-0.3, -0.25) is 9.48 Å². The van der Waals surface area contributed by atoms with Gasteiger partial charge in [0.15, 0.2) is 0 Å². The van der Waals surface area contributed by atoms with Crippen LogP contribution in [0.15, 0.2) is 60.9 Å². The predicted octanol–water partition coefficient (Wildman–Crippen LogP) is 4.16. The number of hydrogen-bond acceptors (Lipinski definition) is 5. The Balaban J connectivity index is 1.35. The summed E-state index contributed by atoms with van der Waals surface area (Å²) in [6, 6.07) is 17.0. The number of nitrogens with one attached hydrogen (secondary N) is 2. The van der Waals surface area contributed by atoms with Crippen LogP contribution < -0.4 is 15.5 Å². The number of aromatic nitrogens is 3. The molecule has 2 fully saturated rings. The predicted molar refractivity (Wildman–Crippen MR) is 143 cm³/mol. The number of para-hydroxylation sites is 1. The minimum absolute atomic E-state index is 0.0149. The average Bonchev–Trinajstić information content (AvgIpc) is 3.53. The monoisotopic (exact) mass is 480 g/mol. The van der Waals surface area contributed by atoms with E-state index in [1.807, 2.05) is 44.6 Å². The normalized spacial score (nSPS) is 18.9. The van der Waals surface area contributed by atoms with Gasteiger partial charge in [-0.15, -0.1) is 0 Å². The molecule has 1 aliphatic heterocycles. The minimum Gasteiger partial charge on any atom is -0.369 e. The molecule has 7 nitrogen and oxygen atoms in total. The van der Waals surface area contributed by atoms with Crippen molar-refractivity contribution in [2.45, 2.75) is 38.3 Å². The van der Waals surface area contributed by atoms with Crippen molar-refractivity contribution >= 4 is 22.5 Å². The molecule has 6 rings (SSSR count). The van der Waals surface area contributed by atoms with Gasteiger partial charge in [0.2, 0.25) is 0 Å². The summed E-state index contributed by atoms with van der Waals surface area (Å²) in [5, 5.41) is 12.3. The third kappa shape index (κ3) is 4.13. The van der Waals surface area contributed by atoms with E-state index >= 15 is 0 Å². The molecule has 184 valence electrons. The van der Waals surface area contributed by atoms with Gasteiger partial charge in [-0.2, -0.15) is 5.10 Å². The second kappa shape index (κ2) is 8.75. The van der Waals surface area contributed by atoms with Crippen LogP contribution in [0.2, 0.25) is 0 Å². The zero-order valence-electron chi connectivity index (χ0n) is 21.1. The number of carbonyl (C=O) groups excluding carboxylic acids is 1. The first-order chi connectivity index (χ1) is 17.4. The first-order valence-corrected chi connectivity index (χ1v) is 12.7. The van der Waals surface area contributed by atoms with E-state index in [0.29, 0.717) is 6.04 Å². The molecule has 2 aliphatic rings. The van der Waals surface area contributed by atoms with Crippen LogP contribution in [0.1, 0.15) is 41.3 Å². The van der Waals surface area contributed by atoms with Crippen LogP contribution in [-0.4, -0.2) is 46.3 Å². The molecule has 0 bridgehead atoms. The summed E-state index contributed by atoms with van der Waals surface area (Å²) >= 11 is 0. The van der Waals surface area contributed by atoms with Crippen LogP contribution in [0.4, 0.5) is 5.69 Å². The van der Waals surface area contributed by atoms with E-state index in [9.17, 15) is 4.79 Å². The average molecular weight is 481 g/mol. The molecular formula is C29H32N6O. The Kier molecular flexibility index (Phi) is 5.52. The largest absolute Gasteiger partial charge is 0.369 e. The Bertz CT molecular complexity index is 1450. The summed E-state index contributed by atoms with van der Waals surface area (Å²) in [6.07, 6.45) is 5.64. The number of fused-ring (bicyclic) bond motifs is 1. The lowest BCUT2D eigenvalue weighted by molar-refractivity contribution is 0.0930. The summed E-state index contributed by atoms with van der Waals surface area (Å²) in [6.45, 7) is 7.05. The number of pyridine rings is 1. The fraction of sp³-hybridized carbons (Fsp3) is 0.345. The highest BCUT2D eigenvalue weighted by atomic mass is 16.1. The fourth-order valence-electron chi connectivity index (χ4n) is 5.36. The van der Waals surface area contributed by atoms with Crippen molar-refractivity contribution in [3.8, 4) is 11.3 Å². The summed E-state index contributed by atoms with van der Waals surface area (Å²) < 4.78 is 1.79. The molecule has 2 aromatic heterocycles. The number of anilines is 1. The molecule has 1 aliphatic carbocycles. The Hall–Kier alpha value is -3.71. The van der Waals surface area contributed by atoms with Crippen LogP contribution >= 0.6 is 0 Å². The van der Waals surface area contributed by atoms with Gasteiger partial charge in [0.05, 0.1) is 22.9 Å². The van der Waals surface area contributed by atoms with Crippen molar-refractivity contribution in [3.63, 3.8) is 0 Å². The second-order valence-electron chi connectivity index (χ2n) is 10.3. The lowest BCUT2D eigenvalue weighted by Crippen LogP contribution is -2.49. The quantitative estimate of drug-likeness (QED) is 0.449. The number of rotatable bonds is 5. The number of carbonyl (C=O) groups is 1. The van der Waals surface area contributed by atoms with E-state index in [-0.39, 0.29) is 11.4 Å². The van der Waals surface area contributed by atoms with E-state index in [4.69, 9.17) is 4.98 Å². The lowest BCUT2D eigenvalue weighted by Gasteiger charge is -2.34. The first kappa shape index (κ1) is 22.7. The van der Waals surface area contributed by atoms with Gasteiger partial charge < -0.3 is 15.5 Å². The van der Waals surface area contributed by atoms with E-state index in [0.717, 1.165) is 77.0 Å². The van der Waals surface area contributed by atoms with Gasteiger partial charge in [-0.1, -0.05) is 24.3 Å². The van der Waals surface area contributed by atoms with Crippen molar-refractivity contribution in [2.75, 3.05) is 24.5 Å². The molecule has 7 heteroatoms. The van der Waals surface area contributed by atoms with Crippen LogP contribution in [-0.2, 0) is 12.6 Å². The van der Waals surface area contributed by atoms with Crippen LogP contribution in [0.3, 0.4) is 0 Å². The second-order valence-corrected chi connectivity index (χ2v) is 10.3. The van der Waals surface area contributed by atoms with Crippen molar-refractivity contribution in [3.05, 3.63) is 77.6 Å². The maximum atomic E-state index is 13.7. The van der Waals surface area contributed by atoms with Gasteiger partial charge >= 0.3 is 0 Å². The summed E-state index contributed by atoms with van der Waals surface area (Å²) in [7, 11) is 1.91. The van der Waals surface area contributed by atoms with E-state index in [2.05, 4.69) is 57.9 Å². The summed E-state index contributed by atoms with van der Waals surface area (Å²) in [4.78, 5) is 21.0. The number of aryl methyl sites for hydroxylation is 2. The van der Waals surface area contributed by atoms with Gasteiger partial charge in [-0.25, -0.2) is 4.98 Å². The number of amides is 1. The molecule has 2 aromatic carbocycles. The smallest absolute Gasteiger partial charge is 0.252 e. The summed E-state index contributed by atoms with van der Waals surface area (Å²) in [5.74, 6) is -0.0149. The molecule has 0 radical (unpaired) electrons. The zero-order valence-corrected chi connectivity index (χ0v) is 21.1. The molecule has 4 aromatic rings.